The van der Waals surface area contributed by atoms with Gasteiger partial charge in [0.05, 0.1) is 7.11 Å². The third kappa shape index (κ3) is 2.19. The van der Waals surface area contributed by atoms with Crippen molar-refractivity contribution in [3.8, 4) is 0 Å². The molecule has 0 saturated heterocycles. The Bertz CT molecular complexity index is 306. The molecular formula is C7H9F3N2O4. The summed E-state index contributed by atoms with van der Waals surface area (Å²) >= 11 is 0. The first-order valence-electron chi connectivity index (χ1n) is 4.06. The molecule has 2 N–H and O–H groups in total. The number of carbonyl (C=O) groups is 1. The third-order valence-corrected chi connectivity index (χ3v) is 2.02. The van der Waals surface area contributed by atoms with Crippen LogP contribution >= 0.6 is 0 Å². The van der Waals surface area contributed by atoms with Crippen molar-refractivity contribution in [1.82, 2.24) is 10.1 Å². The Labute approximate surface area is 88.0 Å². The van der Waals surface area contributed by atoms with Gasteiger partial charge < -0.3 is 4.74 Å². The minimum absolute atomic E-state index is 0.0384. The van der Waals surface area contributed by atoms with Gasteiger partial charge in [-0.3, -0.25) is 10.4 Å². The second-order valence-corrected chi connectivity index (χ2v) is 3.01. The molecule has 92 valence electrons. The van der Waals surface area contributed by atoms with Crippen molar-refractivity contribution in [2.75, 3.05) is 7.11 Å². The molecule has 9 heteroatoms. The lowest BCUT2D eigenvalue weighted by atomic mass is 10.1. The van der Waals surface area contributed by atoms with E-state index in [4.69, 9.17) is 10.4 Å². The van der Waals surface area contributed by atoms with Crippen molar-refractivity contribution in [2.45, 2.75) is 18.3 Å². The summed E-state index contributed by atoms with van der Waals surface area (Å²) in [4.78, 5) is 11.1. The summed E-state index contributed by atoms with van der Waals surface area (Å²) < 4.78 is 41.7. The molecule has 6 nitrogen and oxygen atoms in total. The predicted octanol–water partition coefficient (Wildman–Crippen LogP) is 0.326. The molecular weight excluding hydrogens is 233 g/mol. The molecule has 1 heterocycles. The van der Waals surface area contributed by atoms with Gasteiger partial charge in [0.2, 0.25) is 0 Å². The number of methoxy groups -OCH3 is 1. The number of esters is 1. The smallest absolute Gasteiger partial charge is 0.413 e. The fraction of sp³-hybridized carbons (Fsp3) is 0.571. The van der Waals surface area contributed by atoms with Gasteiger partial charge in [0.25, 0.3) is 0 Å². The molecule has 0 aromatic carbocycles. The molecule has 0 amide bonds. The van der Waals surface area contributed by atoms with E-state index in [1.807, 2.05) is 0 Å². The zero-order chi connectivity index (χ0) is 12.5. The second kappa shape index (κ2) is 4.18. The largest absolute Gasteiger partial charge is 0.467 e. The topological polar surface area (TPSA) is 73.2 Å². The molecule has 1 aliphatic rings. The first-order valence-corrected chi connectivity index (χ1v) is 4.06. The van der Waals surface area contributed by atoms with E-state index in [9.17, 15) is 18.0 Å². The van der Waals surface area contributed by atoms with Gasteiger partial charge in [-0.25, -0.2) is 14.9 Å². The number of ether oxygens (including phenoxy) is 1. The lowest BCUT2D eigenvalue weighted by Gasteiger charge is -2.38. The summed E-state index contributed by atoms with van der Waals surface area (Å²) in [5, 5.41) is 18.0. The van der Waals surface area contributed by atoms with Crippen molar-refractivity contribution in [2.24, 2.45) is 0 Å². The minimum atomic E-state index is -4.90. The fourth-order valence-electron chi connectivity index (χ4n) is 1.30. The molecule has 0 aliphatic carbocycles. The average molecular weight is 242 g/mol. The van der Waals surface area contributed by atoms with Gasteiger partial charge in [-0.1, -0.05) is 0 Å². The van der Waals surface area contributed by atoms with Crippen LogP contribution in [0.3, 0.4) is 0 Å². The van der Waals surface area contributed by atoms with E-state index < -0.39 is 24.2 Å². The lowest BCUT2D eigenvalue weighted by Crippen LogP contribution is -2.60. The third-order valence-electron chi connectivity index (χ3n) is 2.02. The number of hydrogen-bond donors (Lipinski definition) is 2. The van der Waals surface area contributed by atoms with Crippen LogP contribution in [0, 0.1) is 0 Å². The van der Waals surface area contributed by atoms with Crippen molar-refractivity contribution in [1.29, 1.82) is 0 Å². The van der Waals surface area contributed by atoms with Crippen LogP contribution in [-0.2, 0) is 9.53 Å². The predicted molar refractivity (Wildman–Crippen MR) is 42.0 cm³/mol. The van der Waals surface area contributed by atoms with Gasteiger partial charge in [0.15, 0.2) is 12.1 Å². The van der Waals surface area contributed by atoms with Crippen LogP contribution in [0.15, 0.2) is 12.4 Å². The van der Waals surface area contributed by atoms with Gasteiger partial charge in [-0.05, 0) is 0 Å². The maximum Gasteiger partial charge on any atom is 0.413 e. The van der Waals surface area contributed by atoms with Gasteiger partial charge >= 0.3 is 12.1 Å². The number of alkyl halides is 3. The van der Waals surface area contributed by atoms with Crippen molar-refractivity contribution >= 4 is 5.97 Å². The number of carbonyl (C=O) groups excluding carboxylic acids is 1. The molecule has 0 radical (unpaired) electrons. The number of hydroxylamine groups is 4. The molecule has 2 atom stereocenters. The maximum atomic E-state index is 12.5. The number of rotatable bonds is 1. The van der Waals surface area contributed by atoms with Crippen molar-refractivity contribution in [3.63, 3.8) is 0 Å². The Balaban J connectivity index is 3.08. The Morgan fingerprint density at radius 1 is 1.31 bits per heavy atom. The highest BCUT2D eigenvalue weighted by Crippen LogP contribution is 2.31. The van der Waals surface area contributed by atoms with E-state index >= 15 is 0 Å². The van der Waals surface area contributed by atoms with Gasteiger partial charge in [0, 0.05) is 12.4 Å². The van der Waals surface area contributed by atoms with E-state index in [0.29, 0.717) is 12.4 Å². The molecule has 16 heavy (non-hydrogen) atoms. The Morgan fingerprint density at radius 3 is 2.25 bits per heavy atom. The van der Waals surface area contributed by atoms with Gasteiger partial charge in [-0.2, -0.15) is 13.2 Å². The van der Waals surface area contributed by atoms with E-state index in [2.05, 4.69) is 4.74 Å². The lowest BCUT2D eigenvalue weighted by molar-refractivity contribution is -0.274. The second-order valence-electron chi connectivity index (χ2n) is 3.01. The average Bonchev–Trinajstić information content (AvgIpc) is 2.18. The Kier molecular flexibility index (Phi) is 3.29. The highest BCUT2D eigenvalue weighted by atomic mass is 19.4. The fourth-order valence-corrected chi connectivity index (χ4v) is 1.30. The molecule has 2 unspecified atom stereocenters. The summed E-state index contributed by atoms with van der Waals surface area (Å²) in [7, 11) is 0.879. The molecule has 1 aliphatic heterocycles. The molecule has 0 aromatic rings. The number of halogens is 3. The van der Waals surface area contributed by atoms with Crippen LogP contribution in [0.25, 0.3) is 0 Å². The SMILES string of the molecule is COC(=O)C1C(C(F)(F)F)N(O)C=CN1O. The highest BCUT2D eigenvalue weighted by molar-refractivity contribution is 5.77. The molecule has 0 fully saturated rings. The molecule has 0 spiro atoms. The summed E-state index contributed by atoms with van der Waals surface area (Å²) in [6.07, 6.45) is -3.61. The Morgan fingerprint density at radius 2 is 1.81 bits per heavy atom. The van der Waals surface area contributed by atoms with E-state index in [-0.39, 0.29) is 10.1 Å². The maximum absolute atomic E-state index is 12.5. The molecule has 0 saturated carbocycles. The van der Waals surface area contributed by atoms with Crippen LogP contribution in [0.1, 0.15) is 0 Å². The summed E-state index contributed by atoms with van der Waals surface area (Å²) in [5.41, 5.74) is 0. The van der Waals surface area contributed by atoms with Crippen LogP contribution < -0.4 is 0 Å². The van der Waals surface area contributed by atoms with Crippen molar-refractivity contribution < 1.29 is 33.1 Å². The highest BCUT2D eigenvalue weighted by Gasteiger charge is 2.54. The zero-order valence-corrected chi connectivity index (χ0v) is 8.05. The zero-order valence-electron chi connectivity index (χ0n) is 8.05. The van der Waals surface area contributed by atoms with Gasteiger partial charge in [-0.15, -0.1) is 0 Å². The quantitative estimate of drug-likeness (QED) is 0.645. The van der Waals surface area contributed by atoms with Crippen LogP contribution in [0.2, 0.25) is 0 Å². The van der Waals surface area contributed by atoms with E-state index in [1.54, 1.807) is 0 Å². The Hall–Kier alpha value is -1.48. The minimum Gasteiger partial charge on any atom is -0.467 e. The standard InChI is InChI=1S/C7H9F3N2O4/c1-16-6(13)4-5(7(8,9)10)12(15)3-2-11(4)14/h2-5,14-15H,1H3. The summed E-state index contributed by atoms with van der Waals surface area (Å²) in [6.45, 7) is 0. The van der Waals surface area contributed by atoms with Crippen LogP contribution in [-0.4, -0.2) is 51.9 Å². The summed E-state index contributed by atoms with van der Waals surface area (Å²) in [5.74, 6) is -1.31. The first kappa shape index (κ1) is 12.6. The molecule has 0 bridgehead atoms. The molecule has 0 aromatic heterocycles. The van der Waals surface area contributed by atoms with Crippen LogP contribution in [0.5, 0.6) is 0 Å². The first-order chi connectivity index (χ1) is 7.29. The van der Waals surface area contributed by atoms with E-state index in [0.717, 1.165) is 7.11 Å². The summed E-state index contributed by atoms with van der Waals surface area (Å²) in [6, 6.07) is -4.66. The van der Waals surface area contributed by atoms with Gasteiger partial charge in [0.1, 0.15) is 0 Å². The van der Waals surface area contributed by atoms with Crippen LogP contribution in [0.4, 0.5) is 13.2 Å². The number of hydrogen-bond acceptors (Lipinski definition) is 6. The number of nitrogens with zero attached hydrogens (tertiary/aromatic N) is 2. The van der Waals surface area contributed by atoms with E-state index in [1.165, 1.54) is 0 Å². The molecule has 1 rings (SSSR count). The van der Waals surface area contributed by atoms with Crippen molar-refractivity contribution in [3.05, 3.63) is 12.4 Å². The normalized spacial score (nSPS) is 25.9. The monoisotopic (exact) mass is 242 g/mol.